The van der Waals surface area contributed by atoms with Crippen LogP contribution >= 0.6 is 0 Å². The Morgan fingerprint density at radius 3 is 2.38 bits per heavy atom. The number of carbonyl (C=O) groups is 2. The maximum Gasteiger partial charge on any atom is 0.247 e. The molecule has 11 heteroatoms. The van der Waals surface area contributed by atoms with Crippen molar-refractivity contribution in [2.45, 2.75) is 66.0 Å². The van der Waals surface area contributed by atoms with Crippen LogP contribution in [0.25, 0.3) is 22.2 Å². The van der Waals surface area contributed by atoms with Crippen molar-refractivity contribution in [3.8, 4) is 28.4 Å². The van der Waals surface area contributed by atoms with Gasteiger partial charge in [0.15, 0.2) is 11.5 Å². The predicted molar refractivity (Wildman–Crippen MR) is 188 cm³/mol. The van der Waals surface area contributed by atoms with Crippen LogP contribution in [0.2, 0.25) is 0 Å². The summed E-state index contributed by atoms with van der Waals surface area (Å²) < 4.78 is 17.2. The average Bonchev–Trinajstić information content (AvgIpc) is 3.28. The van der Waals surface area contributed by atoms with Gasteiger partial charge in [0.1, 0.15) is 11.9 Å². The topological polar surface area (TPSA) is 144 Å². The summed E-state index contributed by atoms with van der Waals surface area (Å²) in [6.45, 7) is 9.58. The number of H-pyrrole nitrogens is 1. The molecule has 1 aromatic heterocycles. The zero-order valence-corrected chi connectivity index (χ0v) is 28.9. The molecule has 1 heterocycles. The van der Waals surface area contributed by atoms with Crippen molar-refractivity contribution >= 4 is 34.2 Å². The molecule has 5 rings (SSSR count). The molecule has 48 heavy (non-hydrogen) atoms. The number of nitrogens with zero attached hydrogens (tertiary/aromatic N) is 1. The lowest BCUT2D eigenvalue weighted by Crippen LogP contribution is -2.39. The molecule has 4 N–H and O–H groups in total. The van der Waals surface area contributed by atoms with Crippen LogP contribution in [0, 0.1) is 11.8 Å². The largest absolute Gasteiger partial charge is 0.493 e. The first-order valence-corrected chi connectivity index (χ1v) is 16.3. The van der Waals surface area contributed by atoms with Gasteiger partial charge in [-0.1, -0.05) is 33.8 Å². The van der Waals surface area contributed by atoms with Crippen LogP contribution in [-0.2, 0) is 22.4 Å². The molecule has 2 unspecified atom stereocenters. The van der Waals surface area contributed by atoms with Crippen LogP contribution in [0.5, 0.6) is 17.2 Å². The molecule has 3 aromatic carbocycles. The van der Waals surface area contributed by atoms with Gasteiger partial charge in [0.25, 0.3) is 0 Å². The number of ether oxygens (including phenoxy) is 3. The smallest absolute Gasteiger partial charge is 0.247 e. The molecule has 254 valence electrons. The number of hydrogen-bond acceptors (Lipinski definition) is 8. The Labute approximate surface area is 280 Å². The van der Waals surface area contributed by atoms with Gasteiger partial charge in [-0.05, 0) is 77.8 Å². The molecule has 0 aliphatic heterocycles. The third kappa shape index (κ3) is 7.10. The summed E-state index contributed by atoms with van der Waals surface area (Å²) in [7, 11) is 4.67. The van der Waals surface area contributed by atoms with Crippen LogP contribution in [-0.4, -0.2) is 49.2 Å². The minimum absolute atomic E-state index is 0.161. The van der Waals surface area contributed by atoms with Crippen molar-refractivity contribution in [2.75, 3.05) is 32.0 Å². The molecular formula is C37H45N5O6. The van der Waals surface area contributed by atoms with E-state index in [0.717, 1.165) is 34.4 Å². The van der Waals surface area contributed by atoms with Crippen LogP contribution in [0.3, 0.4) is 0 Å². The second kappa shape index (κ2) is 14.4. The molecule has 2 amide bonds. The van der Waals surface area contributed by atoms with E-state index >= 15 is 0 Å². The maximum absolute atomic E-state index is 13.9. The molecule has 0 fully saturated rings. The van der Waals surface area contributed by atoms with E-state index in [1.807, 2.05) is 44.2 Å². The maximum atomic E-state index is 13.9. The number of aromatic nitrogens is 2. The minimum atomic E-state index is -0.730. The average molecular weight is 656 g/mol. The van der Waals surface area contributed by atoms with E-state index in [9.17, 15) is 14.4 Å². The van der Waals surface area contributed by atoms with Crippen molar-refractivity contribution in [1.29, 1.82) is 0 Å². The molecule has 0 saturated heterocycles. The van der Waals surface area contributed by atoms with Gasteiger partial charge in [-0.2, -0.15) is 0 Å². The zero-order chi connectivity index (χ0) is 34.7. The molecule has 11 nitrogen and oxygen atoms in total. The quantitative estimate of drug-likeness (QED) is 0.154. The Balaban J connectivity index is 1.53. The normalized spacial score (nSPS) is 14.5. The van der Waals surface area contributed by atoms with Gasteiger partial charge in [-0.3, -0.25) is 14.4 Å². The molecule has 1 aliphatic carbocycles. The highest BCUT2D eigenvalue weighted by Gasteiger charge is 2.30. The van der Waals surface area contributed by atoms with Gasteiger partial charge in [-0.15, -0.1) is 0 Å². The van der Waals surface area contributed by atoms with Gasteiger partial charge >= 0.3 is 0 Å². The van der Waals surface area contributed by atoms with Crippen molar-refractivity contribution in [1.82, 2.24) is 15.3 Å². The highest BCUT2D eigenvalue weighted by Crippen LogP contribution is 2.50. The second-order valence-electron chi connectivity index (χ2n) is 13.0. The lowest BCUT2D eigenvalue weighted by atomic mass is 9.95. The van der Waals surface area contributed by atoms with E-state index in [0.29, 0.717) is 52.8 Å². The van der Waals surface area contributed by atoms with Crippen molar-refractivity contribution in [2.24, 2.45) is 11.8 Å². The van der Waals surface area contributed by atoms with Gasteiger partial charge in [-0.25, -0.2) is 4.98 Å². The molecule has 1 aliphatic rings. The van der Waals surface area contributed by atoms with Gasteiger partial charge < -0.3 is 35.1 Å². The van der Waals surface area contributed by atoms with E-state index in [4.69, 9.17) is 14.2 Å². The van der Waals surface area contributed by atoms with E-state index in [1.165, 1.54) is 6.92 Å². The number of aryl methyl sites for hydroxylation is 1. The second-order valence-corrected chi connectivity index (χ2v) is 13.0. The summed E-state index contributed by atoms with van der Waals surface area (Å²) in [5.74, 6) is 2.13. The van der Waals surface area contributed by atoms with Crippen LogP contribution in [0.1, 0.15) is 64.0 Å². The molecular weight excluding hydrogens is 610 g/mol. The van der Waals surface area contributed by atoms with E-state index in [1.54, 1.807) is 33.5 Å². The summed E-state index contributed by atoms with van der Waals surface area (Å²) in [4.78, 5) is 47.9. The first-order valence-electron chi connectivity index (χ1n) is 16.3. The molecule has 4 aromatic rings. The Morgan fingerprint density at radius 2 is 1.73 bits per heavy atom. The lowest BCUT2D eigenvalue weighted by molar-refractivity contribution is -0.120. The fraction of sp³-hybridized carbons (Fsp3) is 0.405. The van der Waals surface area contributed by atoms with E-state index < -0.39 is 12.1 Å². The summed E-state index contributed by atoms with van der Waals surface area (Å²) >= 11 is 0. The Kier molecular flexibility index (Phi) is 10.3. The van der Waals surface area contributed by atoms with E-state index in [-0.39, 0.29) is 28.8 Å². The van der Waals surface area contributed by atoms with Crippen LogP contribution in [0.15, 0.2) is 47.3 Å². The number of amides is 2. The third-order valence-corrected chi connectivity index (χ3v) is 8.58. The highest BCUT2D eigenvalue weighted by molar-refractivity contribution is 5.98. The van der Waals surface area contributed by atoms with Crippen molar-refractivity contribution < 1.29 is 23.8 Å². The number of rotatable bonds is 11. The Hall–Kier alpha value is -5.06. The Bertz CT molecular complexity index is 1900. The Morgan fingerprint density at radius 1 is 0.979 bits per heavy atom. The van der Waals surface area contributed by atoms with Crippen LogP contribution < -0.4 is 35.6 Å². The fourth-order valence-electron chi connectivity index (χ4n) is 6.37. The van der Waals surface area contributed by atoms with Gasteiger partial charge in [0.05, 0.1) is 44.1 Å². The lowest BCUT2D eigenvalue weighted by Gasteiger charge is -2.22. The summed E-state index contributed by atoms with van der Waals surface area (Å²) in [6.07, 6.45) is 1.96. The first-order chi connectivity index (χ1) is 22.9. The number of fused-ring (bicyclic) bond motifs is 4. The number of imidazole rings is 1. The first kappa shape index (κ1) is 34.3. The van der Waals surface area contributed by atoms with Gasteiger partial charge in [0.2, 0.25) is 23.0 Å². The minimum Gasteiger partial charge on any atom is -0.493 e. The van der Waals surface area contributed by atoms with Crippen molar-refractivity contribution in [3.63, 3.8) is 0 Å². The molecule has 0 saturated carbocycles. The van der Waals surface area contributed by atoms with E-state index in [2.05, 4.69) is 39.8 Å². The number of carbonyl (C=O) groups excluding carboxylic acids is 2. The number of benzene rings is 2. The number of methoxy groups -OCH3 is 3. The number of anilines is 2. The third-order valence-electron chi connectivity index (χ3n) is 8.58. The summed E-state index contributed by atoms with van der Waals surface area (Å²) in [6, 6.07) is 11.4. The predicted octanol–water partition coefficient (Wildman–Crippen LogP) is 6.01. The van der Waals surface area contributed by atoms with Crippen molar-refractivity contribution in [3.05, 3.63) is 69.6 Å². The number of aromatic amines is 1. The molecule has 2 atom stereocenters. The zero-order valence-electron chi connectivity index (χ0n) is 28.9. The summed E-state index contributed by atoms with van der Waals surface area (Å²) in [5.41, 5.74) is 5.27. The standard InChI is InChI=1S/C37H45N5O6/c1-19(2)15-32-40-27-13-10-23(17-29(27)41-32)39-37(45)34(20(3)4)42-28-14-11-24-25(18-30(28)44)26(38-21(5)43)12-9-22-16-31(46-6)35(47-7)36(48-8)33(22)24/h10-11,13-14,16-20,26,34H,9,12,15H2,1-8H3,(H,38,43)(H,39,45)(H,40,41)(H,42,44). The SMILES string of the molecule is COc1cc2c(c(OC)c1OC)-c1ccc(NC(C(=O)Nc3ccc4nc(CC(C)C)[nH]c4c3)C(C)C)c(=O)cc1C(NC(C)=O)CC2. The molecule has 0 bridgehead atoms. The fourth-order valence-corrected chi connectivity index (χ4v) is 6.37. The summed E-state index contributed by atoms with van der Waals surface area (Å²) in [5, 5.41) is 9.27. The number of hydrogen-bond donors (Lipinski definition) is 4. The highest BCUT2D eigenvalue weighted by atomic mass is 16.5. The monoisotopic (exact) mass is 655 g/mol. The number of nitrogens with one attached hydrogen (secondary N) is 4. The van der Waals surface area contributed by atoms with Crippen LogP contribution in [0.4, 0.5) is 11.4 Å². The molecule has 0 spiro atoms. The van der Waals surface area contributed by atoms with Gasteiger partial charge in [0, 0.05) is 24.6 Å². The molecule has 0 radical (unpaired) electrons.